The van der Waals surface area contributed by atoms with Gasteiger partial charge in [0.05, 0.1) is 23.6 Å². The molecule has 0 aliphatic carbocycles. The molecule has 7 nitrogen and oxygen atoms in total. The number of H-pyrrole nitrogens is 1. The van der Waals surface area contributed by atoms with E-state index >= 15 is 0 Å². The van der Waals surface area contributed by atoms with Gasteiger partial charge in [0.15, 0.2) is 0 Å². The SMILES string of the molecule is CCn1ncc(S(=O)(=O)N2CCCCC2c2ccn[nH]2)c1C. The number of aryl methyl sites for hydroxylation is 1. The minimum absolute atomic E-state index is 0.175. The van der Waals surface area contributed by atoms with Crippen LogP contribution in [0.25, 0.3) is 0 Å². The molecule has 2 aromatic rings. The first kappa shape index (κ1) is 15.2. The Hall–Kier alpha value is -1.67. The second-order valence-electron chi connectivity index (χ2n) is 5.55. The average molecular weight is 323 g/mol. The molecule has 22 heavy (non-hydrogen) atoms. The molecule has 1 fully saturated rings. The lowest BCUT2D eigenvalue weighted by Crippen LogP contribution is -2.38. The van der Waals surface area contributed by atoms with E-state index in [1.54, 1.807) is 22.1 Å². The molecule has 1 atom stereocenters. The number of hydrogen-bond acceptors (Lipinski definition) is 4. The van der Waals surface area contributed by atoms with Gasteiger partial charge in [-0.05, 0) is 32.8 Å². The van der Waals surface area contributed by atoms with E-state index in [4.69, 9.17) is 0 Å². The summed E-state index contributed by atoms with van der Waals surface area (Å²) in [4.78, 5) is 0.306. The minimum Gasteiger partial charge on any atom is -0.281 e. The van der Waals surface area contributed by atoms with Crippen molar-refractivity contribution in [3.05, 3.63) is 29.8 Å². The number of aromatic amines is 1. The van der Waals surface area contributed by atoms with Crippen molar-refractivity contribution in [3.8, 4) is 0 Å². The molecule has 3 rings (SSSR count). The van der Waals surface area contributed by atoms with Gasteiger partial charge in [-0.15, -0.1) is 0 Å². The maximum Gasteiger partial charge on any atom is 0.247 e. The number of piperidine rings is 1. The lowest BCUT2D eigenvalue weighted by Gasteiger charge is -2.33. The molecule has 1 N–H and O–H groups in total. The van der Waals surface area contributed by atoms with Gasteiger partial charge in [-0.2, -0.15) is 14.5 Å². The molecule has 0 aromatic carbocycles. The van der Waals surface area contributed by atoms with Gasteiger partial charge in [-0.1, -0.05) is 6.42 Å². The molecule has 120 valence electrons. The Morgan fingerprint density at radius 3 is 2.86 bits per heavy atom. The fourth-order valence-electron chi connectivity index (χ4n) is 3.08. The highest BCUT2D eigenvalue weighted by Gasteiger charge is 2.36. The third kappa shape index (κ3) is 2.46. The van der Waals surface area contributed by atoms with E-state index in [0.29, 0.717) is 23.7 Å². The third-order valence-electron chi connectivity index (χ3n) is 4.28. The van der Waals surface area contributed by atoms with Crippen LogP contribution in [0, 0.1) is 6.92 Å². The van der Waals surface area contributed by atoms with Crippen LogP contribution in [0.1, 0.15) is 43.6 Å². The summed E-state index contributed by atoms with van der Waals surface area (Å²) in [6, 6.07) is 1.67. The molecule has 1 saturated heterocycles. The molecular weight excluding hydrogens is 302 g/mol. The Labute approximate surface area is 130 Å². The molecular formula is C14H21N5O2S. The summed E-state index contributed by atoms with van der Waals surface area (Å²) in [6.07, 6.45) is 5.83. The Morgan fingerprint density at radius 1 is 1.41 bits per heavy atom. The normalized spacial score (nSPS) is 20.4. The smallest absolute Gasteiger partial charge is 0.247 e. The van der Waals surface area contributed by atoms with E-state index in [1.165, 1.54) is 6.20 Å². The van der Waals surface area contributed by atoms with Crippen LogP contribution < -0.4 is 0 Å². The van der Waals surface area contributed by atoms with E-state index in [0.717, 1.165) is 25.0 Å². The maximum atomic E-state index is 13.1. The zero-order chi connectivity index (χ0) is 15.7. The first-order valence-electron chi connectivity index (χ1n) is 7.59. The number of nitrogens with zero attached hydrogens (tertiary/aromatic N) is 4. The van der Waals surface area contributed by atoms with Gasteiger partial charge >= 0.3 is 0 Å². The quantitative estimate of drug-likeness (QED) is 0.930. The maximum absolute atomic E-state index is 13.1. The standard InChI is InChI=1S/C14H21N5O2S/c1-3-18-11(2)14(10-16-18)22(20,21)19-9-5-4-6-13(19)12-7-8-15-17-12/h7-8,10,13H,3-6,9H2,1-2H3,(H,15,17). The Bertz CT molecular complexity index is 735. The lowest BCUT2D eigenvalue weighted by atomic mass is 10.0. The summed E-state index contributed by atoms with van der Waals surface area (Å²) in [5.74, 6) is 0. The van der Waals surface area contributed by atoms with Crippen molar-refractivity contribution in [2.24, 2.45) is 0 Å². The van der Waals surface area contributed by atoms with Crippen molar-refractivity contribution in [3.63, 3.8) is 0 Å². The van der Waals surface area contributed by atoms with Crippen molar-refractivity contribution in [1.29, 1.82) is 0 Å². The number of nitrogens with one attached hydrogen (secondary N) is 1. The molecule has 0 saturated carbocycles. The zero-order valence-corrected chi connectivity index (χ0v) is 13.7. The van der Waals surface area contributed by atoms with Crippen LogP contribution in [0.2, 0.25) is 0 Å². The van der Waals surface area contributed by atoms with Crippen molar-refractivity contribution in [2.45, 2.75) is 50.6 Å². The van der Waals surface area contributed by atoms with Gasteiger partial charge in [0, 0.05) is 19.3 Å². The highest BCUT2D eigenvalue weighted by molar-refractivity contribution is 7.89. The Kier molecular flexibility index (Phi) is 4.05. The van der Waals surface area contributed by atoms with Crippen molar-refractivity contribution < 1.29 is 8.42 Å². The first-order chi connectivity index (χ1) is 10.6. The van der Waals surface area contributed by atoms with Crippen LogP contribution in [-0.4, -0.2) is 39.2 Å². The summed E-state index contributed by atoms with van der Waals surface area (Å²) in [5, 5.41) is 11.0. The van der Waals surface area contributed by atoms with Crippen LogP contribution in [0.5, 0.6) is 0 Å². The van der Waals surface area contributed by atoms with E-state index in [9.17, 15) is 8.42 Å². The van der Waals surface area contributed by atoms with E-state index in [-0.39, 0.29) is 6.04 Å². The summed E-state index contributed by atoms with van der Waals surface area (Å²) in [6.45, 7) is 4.94. The summed E-state index contributed by atoms with van der Waals surface area (Å²) in [7, 11) is -3.55. The number of hydrogen-bond donors (Lipinski definition) is 1. The number of aromatic nitrogens is 4. The average Bonchev–Trinajstić information content (AvgIpc) is 3.16. The summed E-state index contributed by atoms with van der Waals surface area (Å²) in [5.41, 5.74) is 1.54. The molecule has 8 heteroatoms. The molecule has 0 radical (unpaired) electrons. The monoisotopic (exact) mass is 323 g/mol. The van der Waals surface area contributed by atoms with Crippen LogP contribution in [0.15, 0.2) is 23.4 Å². The third-order valence-corrected chi connectivity index (χ3v) is 6.29. The first-order valence-corrected chi connectivity index (χ1v) is 9.03. The highest BCUT2D eigenvalue weighted by Crippen LogP contribution is 2.35. The summed E-state index contributed by atoms with van der Waals surface area (Å²) < 4.78 is 29.5. The Morgan fingerprint density at radius 2 is 2.23 bits per heavy atom. The van der Waals surface area contributed by atoms with Crippen LogP contribution >= 0.6 is 0 Å². The summed E-state index contributed by atoms with van der Waals surface area (Å²) >= 11 is 0. The van der Waals surface area contributed by atoms with Gasteiger partial charge in [0.2, 0.25) is 10.0 Å². The predicted molar refractivity (Wildman–Crippen MR) is 81.7 cm³/mol. The van der Waals surface area contributed by atoms with Crippen molar-refractivity contribution in [2.75, 3.05) is 6.54 Å². The fourth-order valence-corrected chi connectivity index (χ4v) is 4.92. The molecule has 1 aliphatic rings. The van der Waals surface area contributed by atoms with Crippen LogP contribution in [0.4, 0.5) is 0 Å². The van der Waals surface area contributed by atoms with E-state index < -0.39 is 10.0 Å². The lowest BCUT2D eigenvalue weighted by molar-refractivity contribution is 0.251. The topological polar surface area (TPSA) is 83.9 Å². The minimum atomic E-state index is -3.55. The number of rotatable bonds is 4. The molecule has 3 heterocycles. The second kappa shape index (κ2) is 5.85. The highest BCUT2D eigenvalue weighted by atomic mass is 32.2. The number of sulfonamides is 1. The largest absolute Gasteiger partial charge is 0.281 e. The van der Waals surface area contributed by atoms with Crippen LogP contribution in [0.3, 0.4) is 0 Å². The van der Waals surface area contributed by atoms with Gasteiger partial charge < -0.3 is 0 Å². The predicted octanol–water partition coefficient (Wildman–Crippen LogP) is 1.85. The van der Waals surface area contributed by atoms with Crippen molar-refractivity contribution in [1.82, 2.24) is 24.3 Å². The second-order valence-corrected chi connectivity index (χ2v) is 7.41. The van der Waals surface area contributed by atoms with Crippen molar-refractivity contribution >= 4 is 10.0 Å². The molecule has 1 unspecified atom stereocenters. The van der Waals surface area contributed by atoms with E-state index in [2.05, 4.69) is 15.3 Å². The van der Waals surface area contributed by atoms with E-state index in [1.807, 2.05) is 13.0 Å². The zero-order valence-electron chi connectivity index (χ0n) is 12.9. The Balaban J connectivity index is 2.00. The van der Waals surface area contributed by atoms with Gasteiger partial charge in [0.25, 0.3) is 0 Å². The molecule has 0 bridgehead atoms. The van der Waals surface area contributed by atoms with Crippen LogP contribution in [-0.2, 0) is 16.6 Å². The molecule has 2 aromatic heterocycles. The van der Waals surface area contributed by atoms with Gasteiger partial charge in [-0.25, -0.2) is 8.42 Å². The molecule has 0 amide bonds. The van der Waals surface area contributed by atoms with Gasteiger partial charge in [0.1, 0.15) is 4.90 Å². The van der Waals surface area contributed by atoms with Gasteiger partial charge in [-0.3, -0.25) is 9.78 Å². The molecule has 0 spiro atoms. The fraction of sp³-hybridized carbons (Fsp3) is 0.571. The molecule has 1 aliphatic heterocycles.